The standard InChI is InChI=1S/C32H47ClO9/c33-23-10-9-11-24(20-23)39-22-25(40-31-14-5-7-18-37-31)16-17-27-26(12-3-1-2-4-13-30(35)42-36)28(34)21-29(27)41-32-15-6-8-19-38-32/h1,3,9-11,20,25-29,31-32,34,36H,2,4-8,12-19,21-22H2/t25-,26-,27-,28+,29-,31?,32?/m1/s1. The summed E-state index contributed by atoms with van der Waals surface area (Å²) in [6.07, 6.45) is 13.1. The first-order chi connectivity index (χ1) is 20.5. The Bertz CT molecular complexity index is 948. The highest BCUT2D eigenvalue weighted by Gasteiger charge is 2.43. The van der Waals surface area contributed by atoms with Crippen LogP contribution < -0.4 is 4.74 Å². The van der Waals surface area contributed by atoms with E-state index in [-0.39, 0.29) is 43.0 Å². The molecule has 1 aliphatic carbocycles. The number of aliphatic hydroxyl groups is 1. The molecule has 236 valence electrons. The molecule has 7 atom stereocenters. The van der Waals surface area contributed by atoms with E-state index in [4.69, 9.17) is 40.5 Å². The largest absolute Gasteiger partial charge is 0.491 e. The molecule has 2 heterocycles. The van der Waals surface area contributed by atoms with E-state index in [2.05, 4.69) is 11.0 Å². The number of benzene rings is 1. The maximum absolute atomic E-state index is 11.1. The SMILES string of the molecule is O=C(CCCC=CC[C@@H]1[C@@H](CC[C@H](COc2cccc(Cl)c2)OC2CCCCO2)[C@H](OC2CCCCO2)C[C@@H]1O)OO. The third kappa shape index (κ3) is 11.1. The van der Waals surface area contributed by atoms with Crippen LogP contribution in [0.4, 0.5) is 0 Å². The molecule has 4 rings (SSSR count). The second-order valence-corrected chi connectivity index (χ2v) is 12.0. The molecule has 0 aromatic heterocycles. The molecule has 3 fully saturated rings. The lowest BCUT2D eigenvalue weighted by molar-refractivity contribution is -0.234. The van der Waals surface area contributed by atoms with Crippen LogP contribution in [0.25, 0.3) is 0 Å². The van der Waals surface area contributed by atoms with Crippen molar-refractivity contribution in [1.29, 1.82) is 0 Å². The summed E-state index contributed by atoms with van der Waals surface area (Å²) in [5.41, 5.74) is 0. The number of carbonyl (C=O) groups excluding carboxylic acids is 1. The number of ether oxygens (including phenoxy) is 5. The van der Waals surface area contributed by atoms with Gasteiger partial charge in [-0.15, -0.1) is 0 Å². The van der Waals surface area contributed by atoms with Crippen molar-refractivity contribution in [2.24, 2.45) is 11.8 Å². The van der Waals surface area contributed by atoms with Gasteiger partial charge in [-0.3, -0.25) is 0 Å². The molecule has 1 aromatic rings. The number of allylic oxidation sites excluding steroid dienone is 2. The van der Waals surface area contributed by atoms with Gasteiger partial charge in [0.2, 0.25) is 0 Å². The van der Waals surface area contributed by atoms with Crippen LogP contribution in [0.3, 0.4) is 0 Å². The fraction of sp³-hybridized carbons (Fsp3) is 0.719. The van der Waals surface area contributed by atoms with Crippen molar-refractivity contribution >= 4 is 17.6 Å². The zero-order chi connectivity index (χ0) is 29.6. The lowest BCUT2D eigenvalue weighted by Gasteiger charge is -2.32. The molecule has 2 unspecified atom stereocenters. The van der Waals surface area contributed by atoms with Crippen molar-refractivity contribution in [1.82, 2.24) is 0 Å². The average molecular weight is 611 g/mol. The molecule has 0 spiro atoms. The van der Waals surface area contributed by atoms with Crippen LogP contribution in [0, 0.1) is 11.8 Å². The molecular formula is C32H47ClO9. The smallest absolute Gasteiger partial charge is 0.342 e. The molecule has 2 N–H and O–H groups in total. The normalized spacial score (nSPS) is 29.0. The van der Waals surface area contributed by atoms with Gasteiger partial charge in [-0.05, 0) is 101 Å². The van der Waals surface area contributed by atoms with E-state index in [0.29, 0.717) is 56.3 Å². The Labute approximate surface area is 254 Å². The molecule has 42 heavy (non-hydrogen) atoms. The predicted octanol–water partition coefficient (Wildman–Crippen LogP) is 6.45. The first kappa shape index (κ1) is 33.2. The maximum Gasteiger partial charge on any atom is 0.342 e. The highest BCUT2D eigenvalue weighted by atomic mass is 35.5. The van der Waals surface area contributed by atoms with E-state index in [1.165, 1.54) is 0 Å². The van der Waals surface area contributed by atoms with Crippen LogP contribution in [0.1, 0.15) is 83.5 Å². The maximum atomic E-state index is 11.1. The molecule has 0 bridgehead atoms. The van der Waals surface area contributed by atoms with Crippen molar-refractivity contribution in [2.75, 3.05) is 19.8 Å². The number of hydrogen-bond donors (Lipinski definition) is 2. The number of rotatable bonds is 16. The third-order valence-corrected chi connectivity index (χ3v) is 8.66. The van der Waals surface area contributed by atoms with Gasteiger partial charge in [0.05, 0.1) is 18.3 Å². The number of hydrogen-bond acceptors (Lipinski definition) is 9. The molecular weight excluding hydrogens is 564 g/mol. The second-order valence-electron chi connectivity index (χ2n) is 11.6. The van der Waals surface area contributed by atoms with Crippen molar-refractivity contribution in [3.8, 4) is 5.75 Å². The summed E-state index contributed by atoms with van der Waals surface area (Å²) in [4.78, 5) is 14.9. The van der Waals surface area contributed by atoms with E-state index in [9.17, 15) is 9.90 Å². The molecule has 1 aromatic carbocycles. The van der Waals surface area contributed by atoms with E-state index in [1.807, 2.05) is 24.3 Å². The molecule has 2 saturated heterocycles. The van der Waals surface area contributed by atoms with Crippen molar-refractivity contribution in [3.63, 3.8) is 0 Å². The Kier molecular flexibility index (Phi) is 14.4. The van der Waals surface area contributed by atoms with Crippen LogP contribution in [-0.2, 0) is 28.6 Å². The van der Waals surface area contributed by atoms with Crippen LogP contribution in [0.15, 0.2) is 36.4 Å². The minimum absolute atomic E-state index is 0.0256. The van der Waals surface area contributed by atoms with Crippen molar-refractivity contribution < 1.29 is 43.7 Å². The molecule has 2 aliphatic heterocycles. The Morgan fingerprint density at radius 3 is 2.57 bits per heavy atom. The zero-order valence-electron chi connectivity index (χ0n) is 24.4. The van der Waals surface area contributed by atoms with Crippen molar-refractivity contribution in [2.45, 2.75) is 114 Å². The van der Waals surface area contributed by atoms with Gasteiger partial charge in [-0.25, -0.2) is 4.79 Å². The van der Waals surface area contributed by atoms with E-state index >= 15 is 0 Å². The zero-order valence-corrected chi connectivity index (χ0v) is 25.2. The summed E-state index contributed by atoms with van der Waals surface area (Å²) in [7, 11) is 0. The van der Waals surface area contributed by atoms with E-state index in [0.717, 1.165) is 51.4 Å². The number of unbranched alkanes of at least 4 members (excludes halogenated alkanes) is 1. The highest BCUT2D eigenvalue weighted by molar-refractivity contribution is 6.30. The fourth-order valence-electron chi connectivity index (χ4n) is 6.18. The molecule has 10 heteroatoms. The van der Waals surface area contributed by atoms with Crippen LogP contribution in [0.2, 0.25) is 5.02 Å². The van der Waals surface area contributed by atoms with E-state index in [1.54, 1.807) is 6.07 Å². The van der Waals surface area contributed by atoms with Crippen molar-refractivity contribution in [3.05, 3.63) is 41.4 Å². The summed E-state index contributed by atoms with van der Waals surface area (Å²) in [5.74, 6) is 0.207. The molecule has 9 nitrogen and oxygen atoms in total. The average Bonchev–Trinajstić information content (AvgIpc) is 3.30. The highest BCUT2D eigenvalue weighted by Crippen LogP contribution is 2.41. The third-order valence-electron chi connectivity index (χ3n) is 8.42. The molecule has 0 radical (unpaired) electrons. The fourth-order valence-corrected chi connectivity index (χ4v) is 6.36. The summed E-state index contributed by atoms with van der Waals surface area (Å²) in [6.45, 7) is 1.78. The summed E-state index contributed by atoms with van der Waals surface area (Å²) in [5, 5.41) is 20.2. The molecule has 0 amide bonds. The quantitative estimate of drug-likeness (QED) is 0.0943. The first-order valence-corrected chi connectivity index (χ1v) is 16.0. The van der Waals surface area contributed by atoms with Crippen LogP contribution >= 0.6 is 11.6 Å². The minimum atomic E-state index is -0.630. The van der Waals surface area contributed by atoms with Gasteiger partial charge in [0.1, 0.15) is 12.4 Å². The Morgan fingerprint density at radius 1 is 1.07 bits per heavy atom. The first-order valence-electron chi connectivity index (χ1n) is 15.6. The number of carbonyl (C=O) groups is 1. The van der Waals surface area contributed by atoms with Gasteiger partial charge in [-0.1, -0.05) is 29.8 Å². The van der Waals surface area contributed by atoms with Gasteiger partial charge in [0.25, 0.3) is 0 Å². The van der Waals surface area contributed by atoms with Gasteiger partial charge in [-0.2, -0.15) is 5.26 Å². The van der Waals surface area contributed by atoms with Crippen LogP contribution in [0.5, 0.6) is 5.75 Å². The number of aliphatic hydroxyl groups excluding tert-OH is 1. The second kappa shape index (κ2) is 18.2. The van der Waals surface area contributed by atoms with Gasteiger partial charge >= 0.3 is 5.97 Å². The molecule has 3 aliphatic rings. The Hall–Kier alpha value is -1.72. The summed E-state index contributed by atoms with van der Waals surface area (Å²) < 4.78 is 30.8. The minimum Gasteiger partial charge on any atom is -0.491 e. The Morgan fingerprint density at radius 2 is 1.86 bits per heavy atom. The van der Waals surface area contributed by atoms with Gasteiger partial charge < -0.3 is 33.7 Å². The topological polar surface area (TPSA) is 113 Å². The van der Waals surface area contributed by atoms with E-state index < -0.39 is 12.1 Å². The van der Waals surface area contributed by atoms with Gasteiger partial charge in [0, 0.05) is 31.1 Å². The summed E-state index contributed by atoms with van der Waals surface area (Å²) >= 11 is 6.16. The lowest BCUT2D eigenvalue weighted by Crippen LogP contribution is -2.34. The molecule has 1 saturated carbocycles. The Balaban J connectivity index is 1.39. The van der Waals surface area contributed by atoms with Crippen LogP contribution in [-0.4, -0.2) is 67.0 Å². The predicted molar refractivity (Wildman–Crippen MR) is 157 cm³/mol. The summed E-state index contributed by atoms with van der Waals surface area (Å²) in [6, 6.07) is 7.36. The van der Waals surface area contributed by atoms with Gasteiger partial charge in [0.15, 0.2) is 12.6 Å². The lowest BCUT2D eigenvalue weighted by atomic mass is 9.86. The monoisotopic (exact) mass is 610 g/mol. The number of halogens is 1.